The number of hydrogen-bond acceptors (Lipinski definition) is 2. The van der Waals surface area contributed by atoms with Crippen molar-refractivity contribution in [3.63, 3.8) is 0 Å². The number of para-hydroxylation sites is 2. The van der Waals surface area contributed by atoms with Gasteiger partial charge in [0.1, 0.15) is 0 Å². The molecule has 0 amide bonds. The average Bonchev–Trinajstić information content (AvgIpc) is 3.25. The van der Waals surface area contributed by atoms with Gasteiger partial charge in [0.15, 0.2) is 0 Å². The zero-order valence-electron chi connectivity index (χ0n) is 17.3. The Labute approximate surface area is 196 Å². The summed E-state index contributed by atoms with van der Waals surface area (Å²) in [6, 6.07) is 37.2. The number of fused-ring (bicyclic) bond motifs is 1. The van der Waals surface area contributed by atoms with Crippen molar-refractivity contribution in [3.05, 3.63) is 109 Å². The van der Waals surface area contributed by atoms with Gasteiger partial charge in [0.05, 0.1) is 24.0 Å². The van der Waals surface area contributed by atoms with E-state index in [1.54, 1.807) is 7.11 Å². The molecule has 0 aliphatic rings. The van der Waals surface area contributed by atoms with E-state index in [4.69, 9.17) is 4.74 Å². The Balaban J connectivity index is 0.000000183. The van der Waals surface area contributed by atoms with Crippen LogP contribution in [0.25, 0.3) is 33.5 Å². The Morgan fingerprint density at radius 2 is 1.42 bits per heavy atom. The van der Waals surface area contributed by atoms with Gasteiger partial charge in [-0.05, 0) is 12.1 Å². The molecule has 0 unspecified atom stereocenters. The molecule has 0 saturated heterocycles. The van der Waals surface area contributed by atoms with Crippen LogP contribution in [-0.4, -0.2) is 17.1 Å². The molecule has 0 aliphatic heterocycles. The molecule has 3 nitrogen and oxygen atoms in total. The van der Waals surface area contributed by atoms with Crippen molar-refractivity contribution in [3.8, 4) is 28.3 Å². The minimum absolute atomic E-state index is 0. The van der Waals surface area contributed by atoms with Gasteiger partial charge in [-0.2, -0.15) is 48.5 Å². The molecule has 31 heavy (non-hydrogen) atoms. The molecular formula is C27H21IrN2O. The third-order valence-electron chi connectivity index (χ3n) is 4.68. The molecular weight excluding hydrogens is 561 g/mol. The van der Waals surface area contributed by atoms with Crippen LogP contribution in [0.1, 0.15) is 5.56 Å². The predicted molar refractivity (Wildman–Crippen MR) is 121 cm³/mol. The second kappa shape index (κ2) is 10.7. The zero-order chi connectivity index (χ0) is 20.8. The summed E-state index contributed by atoms with van der Waals surface area (Å²) in [5.41, 5.74) is 6.10. The number of aromatic nitrogens is 2. The normalized spacial score (nSPS) is 10.0. The van der Waals surface area contributed by atoms with Gasteiger partial charge in [0.2, 0.25) is 0 Å². The van der Waals surface area contributed by atoms with Crippen molar-refractivity contribution >= 4 is 11.0 Å². The first-order chi connectivity index (χ1) is 14.8. The Hall–Kier alpha value is -3.20. The number of imidazole rings is 1. The van der Waals surface area contributed by atoms with Gasteiger partial charge in [-0.1, -0.05) is 30.2 Å². The second-order valence-electron chi connectivity index (χ2n) is 6.72. The zero-order valence-corrected chi connectivity index (χ0v) is 19.7. The number of methoxy groups -OCH3 is 1. The number of H-pyrrole nitrogens is 1. The molecule has 1 N–H and O–H groups in total. The monoisotopic (exact) mass is 582 g/mol. The van der Waals surface area contributed by atoms with Crippen LogP contribution in [0.2, 0.25) is 0 Å². The maximum Gasteiger partial charge on any atom is 3.00 e. The first kappa shape index (κ1) is 22.5. The minimum Gasteiger partial charge on any atom is -0.540 e. The molecule has 4 heteroatoms. The van der Waals surface area contributed by atoms with E-state index in [-0.39, 0.29) is 20.1 Å². The molecule has 1 heterocycles. The van der Waals surface area contributed by atoms with Crippen LogP contribution in [0.15, 0.2) is 84.9 Å². The van der Waals surface area contributed by atoms with Crippen molar-refractivity contribution in [1.29, 1.82) is 0 Å². The fourth-order valence-corrected chi connectivity index (χ4v) is 3.22. The predicted octanol–water partition coefficient (Wildman–Crippen LogP) is 6.30. The Kier molecular flexibility index (Phi) is 7.77. The third kappa shape index (κ3) is 5.29. The van der Waals surface area contributed by atoms with Gasteiger partial charge in [-0.15, -0.1) is 30.3 Å². The summed E-state index contributed by atoms with van der Waals surface area (Å²) in [6.45, 7) is 2.01. The molecule has 0 saturated carbocycles. The summed E-state index contributed by atoms with van der Waals surface area (Å²) in [4.78, 5) is 7.86. The number of aryl methyl sites for hydroxylation is 1. The standard InChI is InChI=1S/C15H13N2O.C12H8.Ir/c1-10-6-5-7-11(14(10)18-2)15-16-12-8-3-4-9-13(12)17-15;1-3-7-11(8-4-1)12-9-5-2-6-10-12;/h3-6,8-9H,1-2H3,(H,16,17);1-7,9H;/q-1;-2;+3. The van der Waals surface area contributed by atoms with E-state index in [0.29, 0.717) is 0 Å². The van der Waals surface area contributed by atoms with Crippen molar-refractivity contribution in [1.82, 2.24) is 9.97 Å². The van der Waals surface area contributed by atoms with Gasteiger partial charge in [-0.3, -0.25) is 4.98 Å². The van der Waals surface area contributed by atoms with Crippen molar-refractivity contribution in [2.24, 2.45) is 0 Å². The summed E-state index contributed by atoms with van der Waals surface area (Å²) >= 11 is 0. The van der Waals surface area contributed by atoms with Gasteiger partial charge < -0.3 is 9.72 Å². The quantitative estimate of drug-likeness (QED) is 0.254. The van der Waals surface area contributed by atoms with Crippen LogP contribution < -0.4 is 4.74 Å². The van der Waals surface area contributed by atoms with E-state index < -0.39 is 0 Å². The Morgan fingerprint density at radius 1 is 0.774 bits per heavy atom. The number of benzene rings is 4. The van der Waals surface area contributed by atoms with Gasteiger partial charge in [0.25, 0.3) is 0 Å². The van der Waals surface area contributed by atoms with E-state index >= 15 is 0 Å². The fraction of sp³-hybridized carbons (Fsp3) is 0.0741. The van der Waals surface area contributed by atoms with E-state index in [1.165, 1.54) is 0 Å². The van der Waals surface area contributed by atoms with E-state index in [9.17, 15) is 0 Å². The molecule has 5 rings (SSSR count). The van der Waals surface area contributed by atoms with Crippen molar-refractivity contribution in [2.75, 3.05) is 7.11 Å². The molecule has 1 aromatic heterocycles. The molecule has 5 aromatic rings. The summed E-state index contributed by atoms with van der Waals surface area (Å²) in [5.74, 6) is 1.60. The van der Waals surface area contributed by atoms with E-state index in [2.05, 4.69) is 28.2 Å². The van der Waals surface area contributed by atoms with Gasteiger partial charge in [-0.25, -0.2) is 11.1 Å². The van der Waals surface area contributed by atoms with Gasteiger partial charge in [0, 0.05) is 5.75 Å². The third-order valence-corrected chi connectivity index (χ3v) is 4.68. The Bertz CT molecular complexity index is 1160. The smallest absolute Gasteiger partial charge is 0.540 e. The fourth-order valence-electron chi connectivity index (χ4n) is 3.22. The number of hydrogen-bond donors (Lipinski definition) is 1. The molecule has 0 fully saturated rings. The van der Waals surface area contributed by atoms with E-state index in [1.807, 2.05) is 91.9 Å². The summed E-state index contributed by atoms with van der Waals surface area (Å²) < 4.78 is 5.44. The number of nitrogens with zero attached hydrogens (tertiary/aromatic N) is 1. The van der Waals surface area contributed by atoms with Crippen LogP contribution in [-0.2, 0) is 20.1 Å². The minimum atomic E-state index is 0. The summed E-state index contributed by atoms with van der Waals surface area (Å²) in [6.07, 6.45) is 0. The maximum atomic E-state index is 5.44. The molecule has 154 valence electrons. The van der Waals surface area contributed by atoms with Crippen LogP contribution in [0.3, 0.4) is 0 Å². The van der Waals surface area contributed by atoms with Crippen LogP contribution in [0, 0.1) is 25.1 Å². The largest absolute Gasteiger partial charge is 3.00 e. The Morgan fingerprint density at radius 3 is 2.00 bits per heavy atom. The van der Waals surface area contributed by atoms with Crippen LogP contribution in [0.5, 0.6) is 5.75 Å². The molecule has 0 atom stereocenters. The number of rotatable bonds is 3. The van der Waals surface area contributed by atoms with Crippen LogP contribution in [0.4, 0.5) is 0 Å². The van der Waals surface area contributed by atoms with Crippen molar-refractivity contribution < 1.29 is 24.8 Å². The van der Waals surface area contributed by atoms with Crippen molar-refractivity contribution in [2.45, 2.75) is 6.92 Å². The summed E-state index contributed by atoms with van der Waals surface area (Å²) in [7, 11) is 1.67. The molecule has 0 radical (unpaired) electrons. The van der Waals surface area contributed by atoms with Gasteiger partial charge >= 0.3 is 20.1 Å². The molecule has 0 bridgehead atoms. The first-order valence-electron chi connectivity index (χ1n) is 9.70. The topological polar surface area (TPSA) is 37.9 Å². The molecule has 0 spiro atoms. The van der Waals surface area contributed by atoms with E-state index in [0.717, 1.165) is 44.9 Å². The average molecular weight is 582 g/mol. The maximum absolute atomic E-state index is 5.44. The van der Waals surface area contributed by atoms with Crippen LogP contribution >= 0.6 is 0 Å². The second-order valence-corrected chi connectivity index (χ2v) is 6.72. The first-order valence-corrected chi connectivity index (χ1v) is 9.70. The SMILES string of the molecule is COc1c(-c2nc3ccccc3[nH]2)[c-]ccc1C.[Ir+3].[c-]1ccccc1-c1[c-]cccc1. The molecule has 0 aliphatic carbocycles. The summed E-state index contributed by atoms with van der Waals surface area (Å²) in [5, 5.41) is 0. The number of nitrogens with one attached hydrogen (secondary N) is 1. The number of aromatic amines is 1. The number of ether oxygens (including phenoxy) is 1. The molecule has 4 aromatic carbocycles.